The number of methoxy groups -OCH3 is 1. The summed E-state index contributed by atoms with van der Waals surface area (Å²) in [4.78, 5) is 15.3. The van der Waals surface area contributed by atoms with Crippen molar-refractivity contribution in [2.45, 2.75) is 38.5 Å². The van der Waals surface area contributed by atoms with Crippen molar-refractivity contribution in [3.63, 3.8) is 0 Å². The molecule has 3 N–H and O–H groups in total. The molecule has 0 amide bonds. The van der Waals surface area contributed by atoms with Crippen molar-refractivity contribution in [3.8, 4) is 5.75 Å². The van der Waals surface area contributed by atoms with Crippen molar-refractivity contribution < 1.29 is 9.53 Å². The summed E-state index contributed by atoms with van der Waals surface area (Å²) in [6.45, 7) is 5.91. The van der Waals surface area contributed by atoms with Gasteiger partial charge < -0.3 is 20.7 Å². The van der Waals surface area contributed by atoms with Crippen LogP contribution in [0, 0.1) is 11.8 Å². The van der Waals surface area contributed by atoms with Crippen molar-refractivity contribution >= 4 is 35.5 Å². The predicted octanol–water partition coefficient (Wildman–Crippen LogP) is 4.03. The van der Waals surface area contributed by atoms with Gasteiger partial charge in [-0.2, -0.15) is 0 Å². The average molecular weight is 430 g/mol. The van der Waals surface area contributed by atoms with Crippen molar-refractivity contribution in [1.29, 1.82) is 0 Å². The predicted molar refractivity (Wildman–Crippen MR) is 118 cm³/mol. The van der Waals surface area contributed by atoms with E-state index in [9.17, 15) is 4.79 Å². The highest BCUT2D eigenvalue weighted by molar-refractivity contribution is 6.33. The number of nitrogens with zero attached hydrogens (tertiary/aromatic N) is 1. The second-order valence-corrected chi connectivity index (χ2v) is 8.38. The van der Waals surface area contributed by atoms with E-state index < -0.39 is 0 Å². The van der Waals surface area contributed by atoms with Crippen LogP contribution in [0.4, 0.5) is 5.69 Å². The number of halogens is 2. The van der Waals surface area contributed by atoms with Gasteiger partial charge in [-0.1, -0.05) is 11.6 Å². The minimum atomic E-state index is 0. The van der Waals surface area contributed by atoms with E-state index in [0.29, 0.717) is 34.4 Å². The highest BCUT2D eigenvalue weighted by Gasteiger charge is 2.24. The fraction of sp³-hybridized carbons (Fsp3) is 0.667. The Morgan fingerprint density at radius 2 is 1.89 bits per heavy atom. The third-order valence-electron chi connectivity index (χ3n) is 6.08. The number of piperidine rings is 2. The number of carbonyl (C=O) groups is 1. The Morgan fingerprint density at radius 1 is 1.21 bits per heavy atom. The van der Waals surface area contributed by atoms with Crippen molar-refractivity contribution in [3.05, 3.63) is 22.7 Å². The van der Waals surface area contributed by atoms with Gasteiger partial charge in [-0.3, -0.25) is 4.79 Å². The number of nitrogens with one attached hydrogen (secondary N) is 1. The van der Waals surface area contributed by atoms with Crippen molar-refractivity contribution in [2.75, 3.05) is 45.6 Å². The molecule has 0 radical (unpaired) electrons. The van der Waals surface area contributed by atoms with Crippen LogP contribution in [-0.2, 0) is 0 Å². The summed E-state index contributed by atoms with van der Waals surface area (Å²) in [7, 11) is 1.55. The molecule has 0 atom stereocenters. The molecule has 5 nitrogen and oxygen atoms in total. The van der Waals surface area contributed by atoms with Crippen molar-refractivity contribution in [1.82, 2.24) is 10.2 Å². The SMILES string of the molecule is COc1cc(N)c(Cl)cc1C(=O)CCC1CCN(CC2CCNCC2)CC1.Cl. The fourth-order valence-electron chi connectivity index (χ4n) is 4.31. The molecule has 0 bridgehead atoms. The Kier molecular flexibility index (Phi) is 9.35. The number of nitrogen functional groups attached to an aromatic ring is 1. The van der Waals surface area contributed by atoms with Crippen LogP contribution in [0.25, 0.3) is 0 Å². The summed E-state index contributed by atoms with van der Waals surface area (Å²) in [5, 5.41) is 3.85. The van der Waals surface area contributed by atoms with Crippen LogP contribution in [-0.4, -0.2) is 50.5 Å². The summed E-state index contributed by atoms with van der Waals surface area (Å²) in [5.41, 5.74) is 6.78. The first-order chi connectivity index (χ1) is 13.1. The van der Waals surface area contributed by atoms with Crippen LogP contribution in [0.2, 0.25) is 5.02 Å². The molecule has 2 aliphatic rings. The minimum Gasteiger partial charge on any atom is -0.496 e. The minimum absolute atomic E-state index is 0. The van der Waals surface area contributed by atoms with E-state index in [1.54, 1.807) is 19.2 Å². The Morgan fingerprint density at radius 3 is 2.54 bits per heavy atom. The van der Waals surface area contributed by atoms with Gasteiger partial charge in [0.15, 0.2) is 5.78 Å². The quantitative estimate of drug-likeness (QED) is 0.505. The van der Waals surface area contributed by atoms with Crippen LogP contribution in [0.15, 0.2) is 12.1 Å². The van der Waals surface area contributed by atoms with Gasteiger partial charge in [-0.25, -0.2) is 0 Å². The van der Waals surface area contributed by atoms with Crippen LogP contribution >= 0.6 is 24.0 Å². The Bertz CT molecular complexity index is 643. The molecule has 3 rings (SSSR count). The van der Waals surface area contributed by atoms with Gasteiger partial charge in [0.1, 0.15) is 5.75 Å². The van der Waals surface area contributed by atoms with Gasteiger partial charge in [-0.05, 0) is 76.2 Å². The molecule has 0 spiro atoms. The molecular formula is C21H33Cl2N3O2. The zero-order chi connectivity index (χ0) is 19.2. The van der Waals surface area contributed by atoms with Crippen LogP contribution < -0.4 is 15.8 Å². The first kappa shape index (κ1) is 23.3. The number of anilines is 1. The number of Topliss-reactive ketones (excluding diaryl/α,β-unsaturated/α-hetero) is 1. The van der Waals surface area contributed by atoms with Gasteiger partial charge in [0.2, 0.25) is 0 Å². The van der Waals surface area contributed by atoms with E-state index in [4.69, 9.17) is 22.1 Å². The summed E-state index contributed by atoms with van der Waals surface area (Å²) in [6.07, 6.45) is 6.47. The maximum atomic E-state index is 12.7. The number of nitrogens with two attached hydrogens (primary N) is 1. The summed E-state index contributed by atoms with van der Waals surface area (Å²) in [6, 6.07) is 3.27. The maximum Gasteiger partial charge on any atom is 0.166 e. The van der Waals surface area contributed by atoms with Crippen molar-refractivity contribution in [2.24, 2.45) is 11.8 Å². The van der Waals surface area contributed by atoms with E-state index in [1.165, 1.54) is 58.4 Å². The van der Waals surface area contributed by atoms with Crippen LogP contribution in [0.5, 0.6) is 5.75 Å². The maximum absolute atomic E-state index is 12.7. The van der Waals surface area contributed by atoms with E-state index in [2.05, 4.69) is 10.2 Å². The second kappa shape index (κ2) is 11.2. The standard InChI is InChI=1S/C21H32ClN3O2.ClH/c1-27-21-13-19(23)18(22)12-17(21)20(26)3-2-15-6-10-25(11-7-15)14-16-4-8-24-9-5-16;/h12-13,15-16,24H,2-11,14,23H2,1H3;1H. The zero-order valence-corrected chi connectivity index (χ0v) is 18.3. The van der Waals surface area contributed by atoms with Crippen LogP contribution in [0.1, 0.15) is 48.9 Å². The molecule has 2 heterocycles. The molecule has 0 aliphatic carbocycles. The third kappa shape index (κ3) is 6.24. The lowest BCUT2D eigenvalue weighted by molar-refractivity contribution is 0.0954. The first-order valence-electron chi connectivity index (χ1n) is 10.2. The number of hydrogen-bond acceptors (Lipinski definition) is 5. The lowest BCUT2D eigenvalue weighted by Crippen LogP contribution is -2.40. The van der Waals surface area contributed by atoms with E-state index in [0.717, 1.165) is 12.3 Å². The molecule has 0 aromatic heterocycles. The van der Waals surface area contributed by atoms with Gasteiger partial charge in [0, 0.05) is 19.0 Å². The third-order valence-corrected chi connectivity index (χ3v) is 6.41. The highest BCUT2D eigenvalue weighted by atomic mass is 35.5. The lowest BCUT2D eigenvalue weighted by atomic mass is 9.89. The largest absolute Gasteiger partial charge is 0.496 e. The lowest BCUT2D eigenvalue weighted by Gasteiger charge is -2.35. The fourth-order valence-corrected chi connectivity index (χ4v) is 4.48. The Balaban J connectivity index is 0.00000280. The molecule has 2 aliphatic heterocycles. The zero-order valence-electron chi connectivity index (χ0n) is 16.7. The number of carbonyl (C=O) groups excluding carboxylic acids is 1. The van der Waals surface area contributed by atoms with E-state index >= 15 is 0 Å². The number of likely N-dealkylation sites (tertiary alicyclic amines) is 1. The molecule has 2 fully saturated rings. The van der Waals surface area contributed by atoms with Gasteiger partial charge in [0.05, 0.1) is 23.4 Å². The molecule has 28 heavy (non-hydrogen) atoms. The normalized spacial score (nSPS) is 19.2. The summed E-state index contributed by atoms with van der Waals surface area (Å²) >= 11 is 6.09. The smallest absolute Gasteiger partial charge is 0.166 e. The van der Waals surface area contributed by atoms with Gasteiger partial charge in [0.25, 0.3) is 0 Å². The summed E-state index contributed by atoms with van der Waals surface area (Å²) < 4.78 is 5.31. The molecule has 7 heteroatoms. The van der Waals surface area contributed by atoms with Gasteiger partial charge >= 0.3 is 0 Å². The Labute approximate surface area is 179 Å². The number of ketones is 1. The van der Waals surface area contributed by atoms with E-state index in [-0.39, 0.29) is 18.2 Å². The topological polar surface area (TPSA) is 67.6 Å². The molecule has 0 saturated carbocycles. The molecule has 158 valence electrons. The van der Waals surface area contributed by atoms with Gasteiger partial charge in [-0.15, -0.1) is 12.4 Å². The first-order valence-corrected chi connectivity index (χ1v) is 10.5. The molecule has 0 unspecified atom stereocenters. The number of hydrogen-bond donors (Lipinski definition) is 2. The monoisotopic (exact) mass is 429 g/mol. The number of rotatable bonds is 7. The number of benzene rings is 1. The Hall–Kier alpha value is -1.01. The average Bonchev–Trinajstić information content (AvgIpc) is 2.69. The molecule has 1 aromatic rings. The van der Waals surface area contributed by atoms with E-state index in [1.807, 2.05) is 0 Å². The molecule has 1 aromatic carbocycles. The number of ether oxygens (including phenoxy) is 1. The van der Waals surface area contributed by atoms with Crippen LogP contribution in [0.3, 0.4) is 0 Å². The molecule has 2 saturated heterocycles. The summed E-state index contributed by atoms with van der Waals surface area (Å²) in [5.74, 6) is 2.09. The molecular weight excluding hydrogens is 397 g/mol. The second-order valence-electron chi connectivity index (χ2n) is 7.97. The highest BCUT2D eigenvalue weighted by Crippen LogP contribution is 2.31.